The van der Waals surface area contributed by atoms with Crippen molar-refractivity contribution in [2.24, 2.45) is 0 Å². The maximum atomic E-state index is 13.0. The fraction of sp³-hybridized carbons (Fsp3) is 0.421. The maximum Gasteiger partial charge on any atom is 0.256 e. The smallest absolute Gasteiger partial charge is 0.256 e. The molecule has 4 heterocycles. The van der Waals surface area contributed by atoms with Crippen molar-refractivity contribution < 1.29 is 13.9 Å². The number of nitrogens with zero attached hydrogens (tertiary/aromatic N) is 6. The molecule has 0 spiro atoms. The number of hydrogen-bond donors (Lipinski definition) is 3. The van der Waals surface area contributed by atoms with Crippen molar-refractivity contribution >= 4 is 28.3 Å². The van der Waals surface area contributed by atoms with E-state index >= 15 is 0 Å². The first-order valence-electron chi connectivity index (χ1n) is 9.60. The van der Waals surface area contributed by atoms with Crippen LogP contribution in [0.25, 0.3) is 33.6 Å². The number of aromatic amines is 1. The number of aromatic nitrogens is 7. The Morgan fingerprint density at radius 1 is 1.27 bits per heavy atom. The van der Waals surface area contributed by atoms with Crippen LogP contribution in [0.2, 0.25) is 0 Å². The number of aryl methyl sites for hydroxylation is 1. The minimum atomic E-state index is -2.52. The van der Waals surface area contributed by atoms with E-state index in [0.29, 0.717) is 47.2 Å². The molecule has 30 heavy (non-hydrogen) atoms. The number of rotatable bonds is 5. The first kappa shape index (κ1) is 18.8. The number of nitrogens with one attached hydrogen (secondary N) is 2. The molecule has 1 fully saturated rings. The number of anilines is 1. The Kier molecular flexibility index (Phi) is 4.17. The normalized spacial score (nSPS) is 21.5. The van der Waals surface area contributed by atoms with Gasteiger partial charge in [0, 0.05) is 29.4 Å². The minimum Gasteiger partial charge on any atom is -0.390 e. The Morgan fingerprint density at radius 3 is 2.80 bits per heavy atom. The van der Waals surface area contributed by atoms with E-state index in [4.69, 9.17) is 0 Å². The van der Waals surface area contributed by atoms with E-state index in [1.807, 2.05) is 0 Å². The molecule has 9 nitrogen and oxygen atoms in total. The van der Waals surface area contributed by atoms with Crippen LogP contribution in [0.4, 0.5) is 14.7 Å². The molecule has 0 aromatic carbocycles. The van der Waals surface area contributed by atoms with Crippen LogP contribution in [0.15, 0.2) is 18.6 Å². The molecule has 0 atom stereocenters. The predicted octanol–water partition coefficient (Wildman–Crippen LogP) is 2.66. The average molecular weight is 414 g/mol. The monoisotopic (exact) mass is 414 g/mol. The third-order valence-corrected chi connectivity index (χ3v) is 5.38. The number of alkyl halides is 2. The van der Waals surface area contributed by atoms with E-state index in [2.05, 4.69) is 35.2 Å². The van der Waals surface area contributed by atoms with E-state index in [1.165, 1.54) is 4.57 Å². The topological polar surface area (TPSA) is 117 Å². The Bertz CT molecular complexity index is 1240. The van der Waals surface area contributed by atoms with E-state index in [1.54, 1.807) is 32.4 Å². The molecule has 0 aliphatic heterocycles. The van der Waals surface area contributed by atoms with Gasteiger partial charge in [-0.3, -0.25) is 0 Å². The van der Waals surface area contributed by atoms with Crippen molar-refractivity contribution in [1.82, 2.24) is 34.5 Å². The summed E-state index contributed by atoms with van der Waals surface area (Å²) in [6.45, 7) is 2.97. The quantitative estimate of drug-likeness (QED) is 0.460. The highest BCUT2D eigenvalue weighted by atomic mass is 19.3. The van der Waals surface area contributed by atoms with Crippen molar-refractivity contribution in [3.05, 3.63) is 24.4 Å². The molecular formula is C19H20F2N8O. The molecule has 0 saturated heterocycles. The number of H-pyrrole nitrogens is 1. The molecule has 1 aliphatic carbocycles. The number of fused-ring (bicyclic) bond motifs is 2. The van der Waals surface area contributed by atoms with Gasteiger partial charge in [0.25, 0.3) is 6.43 Å². The van der Waals surface area contributed by atoms with Crippen molar-refractivity contribution in [3.8, 4) is 11.3 Å². The van der Waals surface area contributed by atoms with Gasteiger partial charge in [-0.1, -0.05) is 0 Å². The molecule has 5 rings (SSSR count). The summed E-state index contributed by atoms with van der Waals surface area (Å²) in [7, 11) is 0. The van der Waals surface area contributed by atoms with Gasteiger partial charge in [0.15, 0.2) is 11.3 Å². The predicted molar refractivity (Wildman–Crippen MR) is 106 cm³/mol. The molecule has 4 aromatic rings. The molecule has 0 bridgehead atoms. The summed E-state index contributed by atoms with van der Waals surface area (Å²) in [6, 6.07) is 0.138. The van der Waals surface area contributed by atoms with Gasteiger partial charge in [0.05, 0.1) is 24.0 Å². The molecule has 4 aromatic heterocycles. The lowest BCUT2D eigenvalue weighted by molar-refractivity contribution is -0.0235. The Balaban J connectivity index is 1.48. The molecular weight excluding hydrogens is 394 g/mol. The third kappa shape index (κ3) is 3.24. The van der Waals surface area contributed by atoms with Crippen LogP contribution in [-0.4, -0.2) is 57.6 Å². The average Bonchev–Trinajstić information content (AvgIpc) is 3.20. The van der Waals surface area contributed by atoms with E-state index in [-0.39, 0.29) is 6.04 Å². The van der Waals surface area contributed by atoms with Gasteiger partial charge in [-0.2, -0.15) is 4.98 Å². The standard InChI is InChI=1S/C19H20F2N8O/c1-9-25-16-17(29(9)8-14(20)21)27-13(7-23-16)11-5-22-15-12(11)6-24-18(28-15)26-10-3-19(2,30)4-10/h5-7,10,14,30H,3-4,8H2,1-2H3,(H2,22,24,26,28). The van der Waals surface area contributed by atoms with E-state index < -0.39 is 18.6 Å². The number of hydrogen-bond acceptors (Lipinski definition) is 7. The Hall–Kier alpha value is -3.21. The fourth-order valence-electron chi connectivity index (χ4n) is 3.96. The van der Waals surface area contributed by atoms with Crippen molar-refractivity contribution in [2.45, 2.75) is 51.3 Å². The lowest BCUT2D eigenvalue weighted by Crippen LogP contribution is -2.48. The summed E-state index contributed by atoms with van der Waals surface area (Å²) in [5.74, 6) is 0.916. The van der Waals surface area contributed by atoms with Crippen molar-refractivity contribution in [2.75, 3.05) is 5.32 Å². The molecule has 0 unspecified atom stereocenters. The molecule has 0 radical (unpaired) electrons. The van der Waals surface area contributed by atoms with Crippen LogP contribution >= 0.6 is 0 Å². The molecule has 3 N–H and O–H groups in total. The second-order valence-corrected chi connectivity index (χ2v) is 7.97. The fourth-order valence-corrected chi connectivity index (χ4v) is 3.96. The second kappa shape index (κ2) is 6.66. The van der Waals surface area contributed by atoms with Crippen LogP contribution in [0.1, 0.15) is 25.6 Å². The Labute approximate surface area is 169 Å². The highest BCUT2D eigenvalue weighted by Crippen LogP contribution is 2.33. The molecule has 156 valence electrons. The zero-order chi connectivity index (χ0) is 21.0. The van der Waals surface area contributed by atoms with Gasteiger partial charge in [-0.25, -0.2) is 28.7 Å². The SMILES string of the molecule is Cc1nc2ncc(-c3c[nH]c4nc(NC5CC(C)(O)C5)ncc34)nc2n1CC(F)F. The molecule has 1 aliphatic rings. The van der Waals surface area contributed by atoms with Crippen LogP contribution in [0, 0.1) is 6.92 Å². The summed E-state index contributed by atoms with van der Waals surface area (Å²) >= 11 is 0. The van der Waals surface area contributed by atoms with Crippen LogP contribution in [0.3, 0.4) is 0 Å². The van der Waals surface area contributed by atoms with Crippen LogP contribution in [0.5, 0.6) is 0 Å². The van der Waals surface area contributed by atoms with Gasteiger partial charge in [-0.05, 0) is 26.7 Å². The highest BCUT2D eigenvalue weighted by molar-refractivity contribution is 5.93. The minimum absolute atomic E-state index is 0.138. The van der Waals surface area contributed by atoms with Gasteiger partial charge < -0.3 is 20.0 Å². The van der Waals surface area contributed by atoms with Crippen molar-refractivity contribution in [1.29, 1.82) is 0 Å². The molecule has 11 heteroatoms. The lowest BCUT2D eigenvalue weighted by atomic mass is 9.77. The first-order chi connectivity index (χ1) is 14.3. The number of halogens is 2. The summed E-state index contributed by atoms with van der Waals surface area (Å²) in [4.78, 5) is 25.0. The third-order valence-electron chi connectivity index (χ3n) is 5.38. The van der Waals surface area contributed by atoms with Gasteiger partial charge in [0.1, 0.15) is 11.5 Å². The largest absolute Gasteiger partial charge is 0.390 e. The van der Waals surface area contributed by atoms with Gasteiger partial charge in [0.2, 0.25) is 5.95 Å². The van der Waals surface area contributed by atoms with Crippen LogP contribution in [-0.2, 0) is 6.54 Å². The van der Waals surface area contributed by atoms with Crippen molar-refractivity contribution in [3.63, 3.8) is 0 Å². The second-order valence-electron chi connectivity index (χ2n) is 7.97. The summed E-state index contributed by atoms with van der Waals surface area (Å²) < 4.78 is 27.3. The van der Waals surface area contributed by atoms with E-state index in [0.717, 1.165) is 10.9 Å². The molecule has 0 amide bonds. The van der Waals surface area contributed by atoms with E-state index in [9.17, 15) is 13.9 Å². The van der Waals surface area contributed by atoms with Gasteiger partial charge in [-0.15, -0.1) is 0 Å². The molecule has 1 saturated carbocycles. The van der Waals surface area contributed by atoms with Gasteiger partial charge >= 0.3 is 0 Å². The Morgan fingerprint density at radius 2 is 2.07 bits per heavy atom. The zero-order valence-corrected chi connectivity index (χ0v) is 16.4. The number of imidazole rings is 1. The highest BCUT2D eigenvalue weighted by Gasteiger charge is 2.38. The summed E-state index contributed by atoms with van der Waals surface area (Å²) in [5.41, 5.74) is 1.87. The maximum absolute atomic E-state index is 13.0. The number of aliphatic hydroxyl groups is 1. The van der Waals surface area contributed by atoms with Crippen LogP contribution < -0.4 is 5.32 Å². The summed E-state index contributed by atoms with van der Waals surface area (Å²) in [5, 5.41) is 13.8. The first-order valence-corrected chi connectivity index (χ1v) is 9.60. The lowest BCUT2D eigenvalue weighted by Gasteiger charge is -2.41. The summed E-state index contributed by atoms with van der Waals surface area (Å²) in [6.07, 6.45) is 3.76. The zero-order valence-electron chi connectivity index (χ0n) is 16.4.